The second kappa shape index (κ2) is 10.9. The van der Waals surface area contributed by atoms with Gasteiger partial charge in [0.2, 0.25) is 0 Å². The van der Waals surface area contributed by atoms with Crippen LogP contribution in [0.5, 0.6) is 0 Å². The number of aliphatic hydroxyl groups is 5. The predicted octanol–water partition coefficient (Wildman–Crippen LogP) is 1.77. The van der Waals surface area contributed by atoms with Crippen molar-refractivity contribution in [1.82, 2.24) is 10.6 Å². The van der Waals surface area contributed by atoms with Crippen LogP contribution in [0.3, 0.4) is 0 Å². The van der Waals surface area contributed by atoms with Crippen molar-refractivity contribution in [3.05, 3.63) is 23.3 Å². The van der Waals surface area contributed by atoms with Crippen molar-refractivity contribution >= 4 is 12.3 Å². The van der Waals surface area contributed by atoms with E-state index in [9.17, 15) is 35.1 Å². The maximum absolute atomic E-state index is 13.7. The molecule has 0 aromatic carbocycles. The number of likely N-dealkylation sites (N-methyl/N-ethyl adjacent to an activating group) is 1. The summed E-state index contributed by atoms with van der Waals surface area (Å²) >= 11 is 0. The van der Waals surface area contributed by atoms with Gasteiger partial charge >= 0.3 is 5.97 Å². The van der Waals surface area contributed by atoms with Crippen molar-refractivity contribution in [3.8, 4) is 0 Å². The molecule has 7 aliphatic carbocycles. The number of rotatable bonds is 7. The number of carbonyl (C=O) groups excluding carboxylic acids is 2. The van der Waals surface area contributed by atoms with Crippen LogP contribution in [0.2, 0.25) is 0 Å². The third kappa shape index (κ3) is 3.73. The minimum atomic E-state index is -2.09. The molecule has 1 spiro atoms. The fourth-order valence-corrected chi connectivity index (χ4v) is 14.0. The average molecular weight is 669 g/mol. The lowest BCUT2D eigenvalue weighted by Gasteiger charge is -2.73. The molecule has 10 heteroatoms. The Balaban J connectivity index is 1.29. The number of hydrogen-bond acceptors (Lipinski definition) is 10. The number of esters is 1. The molecular weight excluding hydrogens is 612 g/mol. The molecule has 0 saturated heterocycles. The summed E-state index contributed by atoms with van der Waals surface area (Å²) in [5, 5.41) is 71.1. The molecule has 14 atom stereocenters. The lowest BCUT2D eigenvalue weighted by Crippen LogP contribution is -2.85. The van der Waals surface area contributed by atoms with Crippen LogP contribution in [0.1, 0.15) is 84.5 Å². The Labute approximate surface area is 283 Å². The minimum Gasteiger partial charge on any atom is -0.447 e. The van der Waals surface area contributed by atoms with Crippen LogP contribution >= 0.6 is 0 Å². The summed E-state index contributed by atoms with van der Waals surface area (Å²) in [7, 11) is 1.90. The van der Waals surface area contributed by atoms with Gasteiger partial charge in [-0.1, -0.05) is 19.9 Å². The topological polar surface area (TPSA) is 169 Å². The van der Waals surface area contributed by atoms with Crippen LogP contribution in [0, 0.1) is 52.3 Å². The zero-order valence-electron chi connectivity index (χ0n) is 28.8. The van der Waals surface area contributed by atoms with Crippen molar-refractivity contribution < 1.29 is 39.9 Å². The van der Waals surface area contributed by atoms with Gasteiger partial charge in [0, 0.05) is 48.9 Å². The Morgan fingerprint density at radius 3 is 2.52 bits per heavy atom. The van der Waals surface area contributed by atoms with Crippen molar-refractivity contribution in [2.45, 2.75) is 119 Å². The fraction of sp³-hybridized carbons (Fsp3) is 0.842. The number of carbonyl (C=O) groups is 2. The number of nitrogens with one attached hydrogen (secondary N) is 2. The summed E-state index contributed by atoms with van der Waals surface area (Å²) in [5.41, 5.74) is -6.89. The highest BCUT2D eigenvalue weighted by molar-refractivity contribution is 5.88. The first-order valence-corrected chi connectivity index (χ1v) is 18.8. The Morgan fingerprint density at radius 2 is 1.79 bits per heavy atom. The van der Waals surface area contributed by atoms with Crippen molar-refractivity contribution in [2.75, 3.05) is 26.7 Å². The molecule has 0 radical (unpaired) electrons. The van der Waals surface area contributed by atoms with Gasteiger partial charge in [0.15, 0.2) is 5.60 Å². The molecule has 8 aliphatic rings. The van der Waals surface area contributed by atoms with Crippen LogP contribution in [0.25, 0.3) is 0 Å². The van der Waals surface area contributed by atoms with E-state index < -0.39 is 63.2 Å². The summed E-state index contributed by atoms with van der Waals surface area (Å²) in [5.74, 6) is -2.89. The van der Waals surface area contributed by atoms with Gasteiger partial charge in [-0.2, -0.15) is 0 Å². The summed E-state index contributed by atoms with van der Waals surface area (Å²) in [6, 6.07) is 0. The third-order valence-electron chi connectivity index (χ3n) is 16.0. The van der Waals surface area contributed by atoms with Gasteiger partial charge in [-0.25, -0.2) is 4.79 Å². The van der Waals surface area contributed by atoms with Gasteiger partial charge in [0.05, 0.1) is 23.2 Å². The maximum Gasteiger partial charge on any atom is 0.332 e. The van der Waals surface area contributed by atoms with Crippen molar-refractivity contribution in [2.24, 2.45) is 52.3 Å². The third-order valence-corrected chi connectivity index (χ3v) is 16.0. The molecule has 266 valence electrons. The number of allylic oxidation sites excluding steroid dienone is 1. The Bertz CT molecular complexity index is 1430. The van der Waals surface area contributed by atoms with Crippen molar-refractivity contribution in [1.29, 1.82) is 0 Å². The van der Waals surface area contributed by atoms with Gasteiger partial charge in [-0.15, -0.1) is 0 Å². The van der Waals surface area contributed by atoms with E-state index >= 15 is 0 Å². The molecule has 8 rings (SSSR count). The lowest BCUT2D eigenvalue weighted by atomic mass is 9.35. The van der Waals surface area contributed by atoms with E-state index in [2.05, 4.69) is 30.6 Å². The summed E-state index contributed by atoms with van der Waals surface area (Å²) < 4.78 is 6.24. The van der Waals surface area contributed by atoms with E-state index in [1.54, 1.807) is 6.08 Å². The van der Waals surface area contributed by atoms with E-state index in [4.69, 9.17) is 4.74 Å². The van der Waals surface area contributed by atoms with Crippen LogP contribution in [-0.2, 0) is 14.3 Å². The molecule has 6 saturated carbocycles. The lowest BCUT2D eigenvalue weighted by molar-refractivity contribution is -0.375. The summed E-state index contributed by atoms with van der Waals surface area (Å²) in [4.78, 5) is 26.9. The molecule has 2 bridgehead atoms. The molecular formula is C38H56N2O8. The van der Waals surface area contributed by atoms with Crippen LogP contribution < -0.4 is 10.6 Å². The number of aliphatic hydroxyl groups excluding tert-OH is 2. The molecule has 10 nitrogen and oxygen atoms in total. The molecule has 1 heterocycles. The Hall–Kier alpha value is -1.66. The normalized spacial score (nSPS) is 53.3. The smallest absolute Gasteiger partial charge is 0.332 e. The average Bonchev–Trinajstić information content (AvgIpc) is 3.40. The van der Waals surface area contributed by atoms with E-state index in [0.29, 0.717) is 57.9 Å². The largest absolute Gasteiger partial charge is 0.447 e. The highest BCUT2D eigenvalue weighted by Gasteiger charge is 2.85. The zero-order chi connectivity index (χ0) is 34.1. The molecule has 14 unspecified atom stereocenters. The van der Waals surface area contributed by atoms with Crippen LogP contribution in [-0.4, -0.2) is 99.1 Å². The molecule has 1 aliphatic heterocycles. The van der Waals surface area contributed by atoms with Crippen LogP contribution in [0.4, 0.5) is 0 Å². The summed E-state index contributed by atoms with van der Waals surface area (Å²) in [6.45, 7) is 6.29. The highest BCUT2D eigenvalue weighted by Crippen LogP contribution is 2.78. The number of hydrogen-bond donors (Lipinski definition) is 7. The van der Waals surface area contributed by atoms with Gasteiger partial charge in [0.25, 0.3) is 0 Å². The fourth-order valence-electron chi connectivity index (χ4n) is 14.0. The maximum atomic E-state index is 13.7. The van der Waals surface area contributed by atoms with E-state index in [0.717, 1.165) is 36.9 Å². The van der Waals surface area contributed by atoms with Crippen molar-refractivity contribution in [3.63, 3.8) is 0 Å². The second-order valence-corrected chi connectivity index (χ2v) is 17.5. The number of fused-ring (bicyclic) bond motifs is 3. The number of ether oxygens (including phenoxy) is 1. The second-order valence-electron chi connectivity index (χ2n) is 17.5. The minimum absolute atomic E-state index is 0.112. The SMILES string of the molecule is CNCCNCC1=CC2CC3(O)C4(CCCC15OC(=O)C=C5C24)CCC1C2(C=O)CCC(O)C4CCC(C(C)C)CC(C(O)C13O)C42O. The molecule has 6 fully saturated rings. The predicted molar refractivity (Wildman–Crippen MR) is 176 cm³/mol. The summed E-state index contributed by atoms with van der Waals surface area (Å²) in [6.07, 6.45) is 7.44. The molecule has 0 aromatic heterocycles. The van der Waals surface area contributed by atoms with Gasteiger partial charge in [-0.05, 0) is 112 Å². The first-order valence-electron chi connectivity index (χ1n) is 18.8. The number of aldehydes is 1. The molecule has 7 N–H and O–H groups in total. The Kier molecular flexibility index (Phi) is 7.62. The van der Waals surface area contributed by atoms with E-state index in [1.807, 2.05) is 7.05 Å². The van der Waals surface area contributed by atoms with Gasteiger partial charge in [0.1, 0.15) is 17.5 Å². The Morgan fingerprint density at radius 1 is 1.00 bits per heavy atom. The molecule has 48 heavy (non-hydrogen) atoms. The molecule has 0 aromatic rings. The van der Waals surface area contributed by atoms with Gasteiger partial charge in [-0.3, -0.25) is 0 Å². The highest BCUT2D eigenvalue weighted by atomic mass is 16.6. The van der Waals surface area contributed by atoms with E-state index in [1.165, 1.54) is 0 Å². The zero-order valence-corrected chi connectivity index (χ0v) is 28.8. The standard InChI is InChI=1S/C38H56N2O8/c1-21(2)22-5-6-25-28(42)7-11-34(20-41)29-8-12-33-9-4-10-35-24(19-40-14-13-39-3)15-23(31(33)26(35)17-30(43)48-35)18-36(33,45)38(29,47)32(44)27(16-22)37(25,34)46/h15,17,20-23,25,27-29,31-32,39-40,42,44-47H,4-14,16,18-19H2,1-3H3. The first kappa shape index (κ1) is 33.5. The van der Waals surface area contributed by atoms with Gasteiger partial charge < -0.3 is 45.7 Å². The van der Waals surface area contributed by atoms with E-state index in [-0.39, 0.29) is 42.5 Å². The quantitative estimate of drug-likeness (QED) is 0.0919. The van der Waals surface area contributed by atoms with Crippen LogP contribution in [0.15, 0.2) is 23.3 Å². The molecule has 0 amide bonds. The monoisotopic (exact) mass is 668 g/mol. The first-order chi connectivity index (χ1) is 22.8.